The highest BCUT2D eigenvalue weighted by Gasteiger charge is 2.40. The van der Waals surface area contributed by atoms with E-state index in [1.807, 2.05) is 6.07 Å². The van der Waals surface area contributed by atoms with Crippen LogP contribution in [0.1, 0.15) is 49.3 Å². The average Bonchev–Trinajstić information content (AvgIpc) is 2.72. The smallest absolute Gasteiger partial charge is 0.0977 e. The summed E-state index contributed by atoms with van der Waals surface area (Å²) in [6.45, 7) is 10.8. The lowest BCUT2D eigenvalue weighted by molar-refractivity contribution is -0.0311. The largest absolute Gasteiger partial charge is 0.384 e. The summed E-state index contributed by atoms with van der Waals surface area (Å²) in [6.07, 6.45) is 1.76. The Morgan fingerprint density at radius 2 is 1.64 bits per heavy atom. The van der Waals surface area contributed by atoms with E-state index < -0.39 is 5.60 Å². The van der Waals surface area contributed by atoms with Crippen molar-refractivity contribution in [3.8, 4) is 0 Å². The first kappa shape index (κ1) is 21.0. The molecule has 3 nitrogen and oxygen atoms in total. The summed E-state index contributed by atoms with van der Waals surface area (Å²) in [7, 11) is 0. The summed E-state index contributed by atoms with van der Waals surface area (Å²) in [5.41, 5.74) is 2.57. The highest BCUT2D eigenvalue weighted by atomic mass is 16.5. The highest BCUT2D eigenvalue weighted by molar-refractivity contribution is 5.33. The molecular formula is C25H35NO2. The second kappa shape index (κ2) is 9.69. The van der Waals surface area contributed by atoms with E-state index in [9.17, 15) is 5.11 Å². The SMILES string of the molecule is Cc1ccc([C@](O)(CCC(C)C)[C@@H](CN2CCOCC2)c2ccccc2)cc1. The molecule has 1 saturated heterocycles. The molecule has 1 N–H and O–H groups in total. The van der Waals surface area contributed by atoms with E-state index >= 15 is 0 Å². The summed E-state index contributed by atoms with van der Waals surface area (Å²) in [6, 6.07) is 19.0. The molecule has 0 aromatic heterocycles. The van der Waals surface area contributed by atoms with Gasteiger partial charge in [0, 0.05) is 25.6 Å². The molecule has 0 radical (unpaired) electrons. The van der Waals surface area contributed by atoms with Crippen LogP contribution in [0.25, 0.3) is 0 Å². The molecule has 1 aliphatic heterocycles. The van der Waals surface area contributed by atoms with Gasteiger partial charge in [-0.25, -0.2) is 0 Å². The topological polar surface area (TPSA) is 32.7 Å². The summed E-state index contributed by atoms with van der Waals surface area (Å²) < 4.78 is 5.55. The first-order valence-corrected chi connectivity index (χ1v) is 10.6. The molecule has 2 aromatic carbocycles. The van der Waals surface area contributed by atoms with Gasteiger partial charge < -0.3 is 9.84 Å². The Morgan fingerprint density at radius 1 is 1.00 bits per heavy atom. The molecule has 1 fully saturated rings. The van der Waals surface area contributed by atoms with Gasteiger partial charge in [0.1, 0.15) is 0 Å². The highest BCUT2D eigenvalue weighted by Crippen LogP contribution is 2.42. The molecule has 152 valence electrons. The third-order valence-electron chi connectivity index (χ3n) is 5.98. The minimum absolute atomic E-state index is 0.0215. The molecule has 0 bridgehead atoms. The second-order valence-electron chi connectivity index (χ2n) is 8.60. The maximum absolute atomic E-state index is 12.2. The van der Waals surface area contributed by atoms with E-state index in [1.54, 1.807) is 0 Å². The van der Waals surface area contributed by atoms with E-state index in [0.29, 0.717) is 5.92 Å². The van der Waals surface area contributed by atoms with Crippen LogP contribution in [0.3, 0.4) is 0 Å². The number of aryl methyl sites for hydroxylation is 1. The zero-order valence-corrected chi connectivity index (χ0v) is 17.6. The monoisotopic (exact) mass is 381 g/mol. The van der Waals surface area contributed by atoms with Gasteiger partial charge in [0.05, 0.1) is 18.8 Å². The van der Waals surface area contributed by atoms with Gasteiger partial charge >= 0.3 is 0 Å². The molecule has 28 heavy (non-hydrogen) atoms. The Bertz CT molecular complexity index is 707. The van der Waals surface area contributed by atoms with E-state index in [4.69, 9.17) is 4.74 Å². The molecule has 1 heterocycles. The van der Waals surface area contributed by atoms with Gasteiger partial charge in [0.2, 0.25) is 0 Å². The molecule has 0 unspecified atom stereocenters. The van der Waals surface area contributed by atoms with Crippen molar-refractivity contribution in [2.45, 2.75) is 45.1 Å². The van der Waals surface area contributed by atoms with Crippen LogP contribution in [0.15, 0.2) is 54.6 Å². The lowest BCUT2D eigenvalue weighted by Gasteiger charge is -2.41. The van der Waals surface area contributed by atoms with Crippen molar-refractivity contribution in [2.24, 2.45) is 5.92 Å². The number of hydrogen-bond donors (Lipinski definition) is 1. The number of hydrogen-bond acceptors (Lipinski definition) is 3. The van der Waals surface area contributed by atoms with E-state index in [0.717, 1.165) is 51.3 Å². The van der Waals surface area contributed by atoms with Crippen LogP contribution in [0.5, 0.6) is 0 Å². The van der Waals surface area contributed by atoms with Crippen molar-refractivity contribution in [1.82, 2.24) is 4.90 Å². The van der Waals surface area contributed by atoms with Crippen molar-refractivity contribution < 1.29 is 9.84 Å². The van der Waals surface area contributed by atoms with Crippen LogP contribution in [0.4, 0.5) is 0 Å². The Hall–Kier alpha value is -1.68. The van der Waals surface area contributed by atoms with Gasteiger partial charge in [-0.2, -0.15) is 0 Å². The van der Waals surface area contributed by atoms with E-state index in [-0.39, 0.29) is 5.92 Å². The van der Waals surface area contributed by atoms with E-state index in [1.165, 1.54) is 11.1 Å². The standard InChI is InChI=1S/C25H35NO2/c1-20(2)13-14-25(27,23-11-9-21(3)10-12-23)24(22-7-5-4-6-8-22)19-26-15-17-28-18-16-26/h4-12,20,24,27H,13-19H2,1-3H3/t24-,25+/m0/s1. The van der Waals surface area contributed by atoms with Crippen LogP contribution in [-0.4, -0.2) is 42.9 Å². The average molecular weight is 382 g/mol. The predicted octanol–water partition coefficient (Wildman–Crippen LogP) is 4.73. The van der Waals surface area contributed by atoms with Gasteiger partial charge in [0.25, 0.3) is 0 Å². The normalized spacial score (nSPS) is 18.8. The molecule has 0 amide bonds. The van der Waals surface area contributed by atoms with Crippen molar-refractivity contribution in [3.63, 3.8) is 0 Å². The van der Waals surface area contributed by atoms with Crippen LogP contribution in [-0.2, 0) is 10.3 Å². The third kappa shape index (κ3) is 5.22. The summed E-state index contributed by atoms with van der Waals surface area (Å²) in [4.78, 5) is 2.44. The van der Waals surface area contributed by atoms with Crippen molar-refractivity contribution in [1.29, 1.82) is 0 Å². The molecule has 3 heteroatoms. The Labute approximate surface area is 170 Å². The van der Waals surface area contributed by atoms with Crippen LogP contribution >= 0.6 is 0 Å². The molecule has 3 rings (SSSR count). The molecule has 0 saturated carbocycles. The Morgan fingerprint density at radius 3 is 2.25 bits per heavy atom. The molecule has 2 atom stereocenters. The van der Waals surface area contributed by atoms with Gasteiger partial charge in [-0.3, -0.25) is 4.90 Å². The first-order valence-electron chi connectivity index (χ1n) is 10.6. The zero-order valence-electron chi connectivity index (χ0n) is 17.6. The lowest BCUT2D eigenvalue weighted by Crippen LogP contribution is -2.45. The minimum Gasteiger partial charge on any atom is -0.384 e. The van der Waals surface area contributed by atoms with Crippen LogP contribution < -0.4 is 0 Å². The number of rotatable bonds is 8. The van der Waals surface area contributed by atoms with Crippen LogP contribution in [0.2, 0.25) is 0 Å². The number of aliphatic hydroxyl groups is 1. The fraction of sp³-hybridized carbons (Fsp3) is 0.520. The van der Waals surface area contributed by atoms with Crippen molar-refractivity contribution in [3.05, 3.63) is 71.3 Å². The molecule has 1 aliphatic rings. The predicted molar refractivity (Wildman–Crippen MR) is 116 cm³/mol. The number of benzene rings is 2. The summed E-state index contributed by atoms with van der Waals surface area (Å²) >= 11 is 0. The second-order valence-corrected chi connectivity index (χ2v) is 8.60. The summed E-state index contributed by atoms with van der Waals surface area (Å²) in [5.74, 6) is 0.574. The maximum Gasteiger partial charge on any atom is 0.0977 e. The van der Waals surface area contributed by atoms with Crippen molar-refractivity contribution in [2.75, 3.05) is 32.8 Å². The Balaban J connectivity index is 1.99. The first-order chi connectivity index (χ1) is 13.5. The van der Waals surface area contributed by atoms with Crippen LogP contribution in [0, 0.1) is 12.8 Å². The fourth-order valence-electron chi connectivity index (χ4n) is 4.13. The van der Waals surface area contributed by atoms with Gasteiger partial charge in [-0.15, -0.1) is 0 Å². The number of morpholine rings is 1. The summed E-state index contributed by atoms with van der Waals surface area (Å²) in [5, 5.41) is 12.2. The lowest BCUT2D eigenvalue weighted by atomic mass is 9.73. The molecular weight excluding hydrogens is 346 g/mol. The number of nitrogens with zero attached hydrogens (tertiary/aromatic N) is 1. The molecule has 0 spiro atoms. The van der Waals surface area contributed by atoms with E-state index in [2.05, 4.69) is 74.2 Å². The number of ether oxygens (including phenoxy) is 1. The fourth-order valence-corrected chi connectivity index (χ4v) is 4.13. The third-order valence-corrected chi connectivity index (χ3v) is 5.98. The molecule has 0 aliphatic carbocycles. The van der Waals surface area contributed by atoms with Crippen molar-refractivity contribution >= 4 is 0 Å². The van der Waals surface area contributed by atoms with Gasteiger partial charge in [-0.05, 0) is 36.8 Å². The quantitative estimate of drug-likeness (QED) is 0.717. The maximum atomic E-state index is 12.2. The Kier molecular flexibility index (Phi) is 7.28. The van der Waals surface area contributed by atoms with Gasteiger partial charge in [0.15, 0.2) is 0 Å². The molecule has 2 aromatic rings. The minimum atomic E-state index is -0.891. The van der Waals surface area contributed by atoms with Gasteiger partial charge in [-0.1, -0.05) is 74.0 Å². The zero-order chi connectivity index (χ0) is 20.0.